The van der Waals surface area contributed by atoms with Crippen molar-refractivity contribution >= 4 is 0 Å². The summed E-state index contributed by atoms with van der Waals surface area (Å²) in [5.41, 5.74) is 1.16. The molecule has 0 aliphatic carbocycles. The maximum atomic E-state index is 5.82. The molecule has 1 aromatic carbocycles. The van der Waals surface area contributed by atoms with Gasteiger partial charge in [0.05, 0.1) is 7.11 Å². The molecule has 0 amide bonds. The number of nitrogens with one attached hydrogen (secondary N) is 1. The molecule has 0 fully saturated rings. The molecule has 0 spiro atoms. The minimum Gasteiger partial charge on any atom is -0.493 e. The summed E-state index contributed by atoms with van der Waals surface area (Å²) in [6.45, 7) is 4.20. The van der Waals surface area contributed by atoms with Gasteiger partial charge in [0.2, 0.25) is 0 Å². The first kappa shape index (κ1) is 14.4. The van der Waals surface area contributed by atoms with Crippen molar-refractivity contribution in [3.05, 3.63) is 42.0 Å². The quantitative estimate of drug-likeness (QED) is 0.841. The Bertz CT molecular complexity index is 552. The minimum atomic E-state index is 0.433. The molecule has 1 aromatic heterocycles. The van der Waals surface area contributed by atoms with Gasteiger partial charge in [0.1, 0.15) is 12.4 Å². The van der Waals surface area contributed by atoms with E-state index in [1.807, 2.05) is 31.4 Å². The lowest BCUT2D eigenvalue weighted by atomic mass is 10.2. The lowest BCUT2D eigenvalue weighted by Gasteiger charge is -2.12. The maximum Gasteiger partial charge on any atom is 0.161 e. The van der Waals surface area contributed by atoms with E-state index >= 15 is 0 Å². The molecule has 0 atom stereocenters. The number of hydrogen-bond donors (Lipinski definition) is 1. The summed E-state index contributed by atoms with van der Waals surface area (Å²) in [4.78, 5) is 4.29. The minimum absolute atomic E-state index is 0.433. The smallest absolute Gasteiger partial charge is 0.161 e. The molecule has 2 aromatic rings. The molecule has 0 aliphatic rings. The average molecular weight is 275 g/mol. The third-order valence-corrected chi connectivity index (χ3v) is 3.11. The second-order valence-electron chi connectivity index (χ2n) is 4.43. The van der Waals surface area contributed by atoms with Crippen molar-refractivity contribution in [1.29, 1.82) is 0 Å². The van der Waals surface area contributed by atoms with E-state index in [2.05, 4.69) is 21.8 Å². The van der Waals surface area contributed by atoms with Gasteiger partial charge in [-0.3, -0.25) is 0 Å². The van der Waals surface area contributed by atoms with Crippen molar-refractivity contribution < 1.29 is 9.47 Å². The van der Waals surface area contributed by atoms with Crippen LogP contribution < -0.4 is 14.8 Å². The van der Waals surface area contributed by atoms with Gasteiger partial charge in [-0.15, -0.1) is 0 Å². The van der Waals surface area contributed by atoms with E-state index in [0.29, 0.717) is 6.61 Å². The summed E-state index contributed by atoms with van der Waals surface area (Å²) in [7, 11) is 3.57. The number of imidazole rings is 1. The number of hydrogen-bond acceptors (Lipinski definition) is 4. The Labute approximate surface area is 119 Å². The van der Waals surface area contributed by atoms with E-state index < -0.39 is 0 Å². The van der Waals surface area contributed by atoms with Gasteiger partial charge in [-0.1, -0.05) is 6.07 Å². The highest BCUT2D eigenvalue weighted by molar-refractivity contribution is 5.43. The van der Waals surface area contributed by atoms with Crippen molar-refractivity contribution in [3.63, 3.8) is 0 Å². The van der Waals surface area contributed by atoms with Crippen LogP contribution in [0, 0.1) is 0 Å². The highest BCUT2D eigenvalue weighted by Crippen LogP contribution is 2.28. The Morgan fingerprint density at radius 3 is 2.85 bits per heavy atom. The number of rotatable bonds is 7. The predicted octanol–water partition coefficient (Wildman–Crippen LogP) is 2.21. The van der Waals surface area contributed by atoms with Crippen LogP contribution in [0.1, 0.15) is 18.3 Å². The van der Waals surface area contributed by atoms with Crippen LogP contribution in [0.5, 0.6) is 11.5 Å². The Morgan fingerprint density at radius 1 is 1.30 bits per heavy atom. The van der Waals surface area contributed by atoms with Gasteiger partial charge >= 0.3 is 0 Å². The zero-order valence-corrected chi connectivity index (χ0v) is 12.2. The fourth-order valence-electron chi connectivity index (χ4n) is 2.06. The first-order valence-corrected chi connectivity index (χ1v) is 6.72. The average Bonchev–Trinajstić information content (AvgIpc) is 2.93. The van der Waals surface area contributed by atoms with Gasteiger partial charge in [-0.05, 0) is 31.7 Å². The Morgan fingerprint density at radius 2 is 2.15 bits per heavy atom. The number of ether oxygens (including phenoxy) is 2. The van der Waals surface area contributed by atoms with Crippen LogP contribution in [-0.2, 0) is 19.7 Å². The molecule has 0 aliphatic heterocycles. The Balaban J connectivity index is 2.09. The Kier molecular flexibility index (Phi) is 5.01. The number of nitrogens with zero attached hydrogens (tertiary/aromatic N) is 2. The normalized spacial score (nSPS) is 10.6. The van der Waals surface area contributed by atoms with Gasteiger partial charge in [0.25, 0.3) is 0 Å². The van der Waals surface area contributed by atoms with Crippen LogP contribution in [0.25, 0.3) is 0 Å². The van der Waals surface area contributed by atoms with E-state index in [0.717, 1.165) is 36.0 Å². The van der Waals surface area contributed by atoms with Crippen LogP contribution in [0.15, 0.2) is 30.6 Å². The second-order valence-corrected chi connectivity index (χ2v) is 4.43. The van der Waals surface area contributed by atoms with E-state index in [4.69, 9.17) is 9.47 Å². The molecule has 0 saturated carbocycles. The highest BCUT2D eigenvalue weighted by atomic mass is 16.5. The van der Waals surface area contributed by atoms with Gasteiger partial charge in [0, 0.05) is 25.5 Å². The first-order chi connectivity index (χ1) is 9.78. The molecule has 5 heteroatoms. The van der Waals surface area contributed by atoms with Gasteiger partial charge < -0.3 is 19.4 Å². The lowest BCUT2D eigenvalue weighted by molar-refractivity contribution is 0.271. The van der Waals surface area contributed by atoms with Gasteiger partial charge in [0.15, 0.2) is 11.5 Å². The fourth-order valence-corrected chi connectivity index (χ4v) is 2.06. The van der Waals surface area contributed by atoms with Crippen LogP contribution in [0.3, 0.4) is 0 Å². The van der Waals surface area contributed by atoms with Crippen molar-refractivity contribution in [3.8, 4) is 11.5 Å². The van der Waals surface area contributed by atoms with E-state index in [-0.39, 0.29) is 0 Å². The summed E-state index contributed by atoms with van der Waals surface area (Å²) in [5, 5.41) is 3.11. The monoisotopic (exact) mass is 275 g/mol. The predicted molar refractivity (Wildman–Crippen MR) is 78.0 cm³/mol. The van der Waals surface area contributed by atoms with E-state index in [1.165, 1.54) is 0 Å². The number of aryl methyl sites for hydroxylation is 1. The SMILES string of the molecule is CCn1ccnc1COc1ccc(CNC)cc1OC. The molecule has 20 heavy (non-hydrogen) atoms. The molecule has 0 bridgehead atoms. The van der Waals surface area contributed by atoms with Crippen LogP contribution in [-0.4, -0.2) is 23.7 Å². The first-order valence-electron chi connectivity index (χ1n) is 6.72. The molecule has 0 saturated heterocycles. The molecular weight excluding hydrogens is 254 g/mol. The van der Waals surface area contributed by atoms with Gasteiger partial charge in [-0.2, -0.15) is 0 Å². The largest absolute Gasteiger partial charge is 0.493 e. The second kappa shape index (κ2) is 6.96. The molecule has 1 heterocycles. The molecule has 0 radical (unpaired) electrons. The lowest BCUT2D eigenvalue weighted by Crippen LogP contribution is -2.07. The zero-order chi connectivity index (χ0) is 14.4. The topological polar surface area (TPSA) is 48.3 Å². The zero-order valence-electron chi connectivity index (χ0n) is 12.2. The van der Waals surface area contributed by atoms with Crippen molar-refractivity contribution in [2.45, 2.75) is 26.6 Å². The summed E-state index contributed by atoms with van der Waals surface area (Å²) < 4.78 is 13.3. The van der Waals surface area contributed by atoms with Crippen molar-refractivity contribution in [1.82, 2.24) is 14.9 Å². The molecular formula is C15H21N3O2. The highest BCUT2D eigenvalue weighted by Gasteiger charge is 2.08. The summed E-state index contributed by atoms with van der Waals surface area (Å²) in [6, 6.07) is 5.95. The molecule has 1 N–H and O–H groups in total. The third-order valence-electron chi connectivity index (χ3n) is 3.11. The maximum absolute atomic E-state index is 5.82. The Hall–Kier alpha value is -2.01. The molecule has 0 unspecified atom stereocenters. The van der Waals surface area contributed by atoms with Crippen LogP contribution in [0.2, 0.25) is 0 Å². The van der Waals surface area contributed by atoms with Crippen molar-refractivity contribution in [2.75, 3.05) is 14.2 Å². The van der Waals surface area contributed by atoms with Gasteiger partial charge in [-0.25, -0.2) is 4.98 Å². The van der Waals surface area contributed by atoms with E-state index in [1.54, 1.807) is 13.3 Å². The number of benzene rings is 1. The van der Waals surface area contributed by atoms with Crippen molar-refractivity contribution in [2.24, 2.45) is 0 Å². The van der Waals surface area contributed by atoms with Crippen LogP contribution in [0.4, 0.5) is 0 Å². The summed E-state index contributed by atoms with van der Waals surface area (Å²) in [5.74, 6) is 2.39. The summed E-state index contributed by atoms with van der Waals surface area (Å²) in [6.07, 6.45) is 3.74. The number of aromatic nitrogens is 2. The summed E-state index contributed by atoms with van der Waals surface area (Å²) >= 11 is 0. The standard InChI is InChI=1S/C15H21N3O2/c1-4-18-8-7-17-15(18)11-20-13-6-5-12(10-16-2)9-14(13)19-3/h5-9,16H,4,10-11H2,1-3H3. The fraction of sp³-hybridized carbons (Fsp3) is 0.400. The molecule has 2 rings (SSSR count). The third kappa shape index (κ3) is 3.30. The van der Waals surface area contributed by atoms with E-state index in [9.17, 15) is 0 Å². The molecule has 108 valence electrons. The van der Waals surface area contributed by atoms with Crippen LogP contribution >= 0.6 is 0 Å². The number of methoxy groups -OCH3 is 1. The molecule has 5 nitrogen and oxygen atoms in total.